The van der Waals surface area contributed by atoms with E-state index in [1.165, 1.54) is 17.4 Å². The fraction of sp³-hybridized carbons (Fsp3) is 0.167. The van der Waals surface area contributed by atoms with E-state index in [2.05, 4.69) is 5.32 Å². The van der Waals surface area contributed by atoms with Gasteiger partial charge in [-0.3, -0.25) is 4.79 Å². The summed E-state index contributed by atoms with van der Waals surface area (Å²) >= 11 is 1.29. The van der Waals surface area contributed by atoms with Crippen LogP contribution < -0.4 is 10.1 Å². The van der Waals surface area contributed by atoms with Gasteiger partial charge in [0.15, 0.2) is 0 Å². The molecule has 23 heavy (non-hydrogen) atoms. The average molecular weight is 329 g/mol. The molecule has 0 saturated carbocycles. The molecule has 0 aliphatic heterocycles. The van der Waals surface area contributed by atoms with Crippen molar-refractivity contribution in [2.45, 2.75) is 13.8 Å². The molecule has 1 amide bonds. The van der Waals surface area contributed by atoms with E-state index in [-0.39, 0.29) is 11.7 Å². The Morgan fingerprint density at radius 2 is 2.00 bits per heavy atom. The minimum atomic E-state index is -0.301. The second-order valence-corrected chi connectivity index (χ2v) is 6.10. The number of aryl methyl sites for hydroxylation is 1. The fourth-order valence-corrected chi connectivity index (χ4v) is 3.62. The number of anilines is 1. The Kier molecular flexibility index (Phi) is 4.30. The van der Waals surface area contributed by atoms with Gasteiger partial charge in [-0.1, -0.05) is 18.2 Å². The molecule has 118 valence electrons. The van der Waals surface area contributed by atoms with E-state index in [0.717, 1.165) is 4.70 Å². The molecular formula is C18H16FNO2S. The summed E-state index contributed by atoms with van der Waals surface area (Å²) < 4.78 is 20.3. The smallest absolute Gasteiger partial charge is 0.266 e. The van der Waals surface area contributed by atoms with Crippen LogP contribution in [0.4, 0.5) is 10.1 Å². The lowest BCUT2D eigenvalue weighted by Crippen LogP contribution is -2.12. The van der Waals surface area contributed by atoms with Crippen LogP contribution in [-0.2, 0) is 0 Å². The van der Waals surface area contributed by atoms with E-state index in [1.54, 1.807) is 25.1 Å². The number of hydrogen-bond donors (Lipinski definition) is 1. The molecule has 1 heterocycles. The largest absolute Gasteiger partial charge is 0.492 e. The Bertz CT molecular complexity index is 873. The third-order valence-corrected chi connectivity index (χ3v) is 4.80. The molecule has 3 nitrogen and oxygen atoms in total. The van der Waals surface area contributed by atoms with Gasteiger partial charge < -0.3 is 10.1 Å². The third-order valence-electron chi connectivity index (χ3n) is 3.54. The van der Waals surface area contributed by atoms with Gasteiger partial charge in [0.1, 0.15) is 11.6 Å². The van der Waals surface area contributed by atoms with Crippen LogP contribution >= 0.6 is 11.3 Å². The number of para-hydroxylation sites is 2. The van der Waals surface area contributed by atoms with E-state index in [9.17, 15) is 9.18 Å². The quantitative estimate of drug-likeness (QED) is 0.731. The van der Waals surface area contributed by atoms with Crippen LogP contribution in [0.25, 0.3) is 10.1 Å². The number of rotatable bonds is 4. The van der Waals surface area contributed by atoms with Gasteiger partial charge in [0.05, 0.1) is 17.2 Å². The average Bonchev–Trinajstić information content (AvgIpc) is 2.88. The number of hydrogen-bond acceptors (Lipinski definition) is 3. The number of fused-ring (bicyclic) bond motifs is 1. The summed E-state index contributed by atoms with van der Waals surface area (Å²) in [5.41, 5.74) is 1.27. The molecule has 0 aliphatic carbocycles. The molecule has 0 fully saturated rings. The maximum atomic E-state index is 14.0. The second-order valence-electron chi connectivity index (χ2n) is 5.05. The first-order chi connectivity index (χ1) is 11.1. The first kappa shape index (κ1) is 15.5. The summed E-state index contributed by atoms with van der Waals surface area (Å²) in [4.78, 5) is 13.1. The van der Waals surface area contributed by atoms with E-state index < -0.39 is 0 Å². The molecule has 1 aromatic heterocycles. The maximum absolute atomic E-state index is 14.0. The van der Waals surface area contributed by atoms with E-state index in [4.69, 9.17) is 4.74 Å². The van der Waals surface area contributed by atoms with E-state index in [0.29, 0.717) is 33.9 Å². The van der Waals surface area contributed by atoms with Crippen molar-refractivity contribution in [2.24, 2.45) is 0 Å². The Balaban J connectivity index is 1.96. The third kappa shape index (κ3) is 2.92. The number of halogens is 1. The predicted octanol–water partition coefficient (Wildman–Crippen LogP) is 5.00. The molecule has 2 aromatic carbocycles. The lowest BCUT2D eigenvalue weighted by molar-refractivity contribution is 0.102. The van der Waals surface area contributed by atoms with Gasteiger partial charge in [0.2, 0.25) is 0 Å². The van der Waals surface area contributed by atoms with Crippen molar-refractivity contribution in [3.05, 3.63) is 58.7 Å². The van der Waals surface area contributed by atoms with Crippen LogP contribution in [0.2, 0.25) is 0 Å². The summed E-state index contributed by atoms with van der Waals surface area (Å²) in [5.74, 6) is 0.0635. The maximum Gasteiger partial charge on any atom is 0.266 e. The lowest BCUT2D eigenvalue weighted by atomic mass is 10.1. The normalized spacial score (nSPS) is 10.7. The van der Waals surface area contributed by atoms with Crippen molar-refractivity contribution in [1.82, 2.24) is 0 Å². The van der Waals surface area contributed by atoms with Crippen LogP contribution in [0.15, 0.2) is 42.5 Å². The Morgan fingerprint density at radius 1 is 1.22 bits per heavy atom. The Morgan fingerprint density at radius 3 is 2.74 bits per heavy atom. The van der Waals surface area contributed by atoms with Crippen LogP contribution in [0.1, 0.15) is 22.2 Å². The van der Waals surface area contributed by atoms with Crippen LogP contribution in [0.5, 0.6) is 5.75 Å². The number of amides is 1. The number of nitrogens with one attached hydrogen (secondary N) is 1. The van der Waals surface area contributed by atoms with Crippen LogP contribution in [0.3, 0.4) is 0 Å². The zero-order chi connectivity index (χ0) is 16.4. The molecular weight excluding hydrogens is 313 g/mol. The highest BCUT2D eigenvalue weighted by Crippen LogP contribution is 2.33. The standard InChI is InChI=1S/C18H16FNO2S/c1-3-22-14-9-5-4-8-13(14)20-18(21)17-11(2)16-12(19)7-6-10-15(16)23-17/h4-10H,3H2,1-2H3,(H,20,21). The molecule has 0 radical (unpaired) electrons. The monoisotopic (exact) mass is 329 g/mol. The first-order valence-corrected chi connectivity index (χ1v) is 8.14. The van der Waals surface area contributed by atoms with Crippen molar-refractivity contribution in [2.75, 3.05) is 11.9 Å². The van der Waals surface area contributed by atoms with Gasteiger partial charge in [-0.05, 0) is 43.7 Å². The molecule has 1 N–H and O–H groups in total. The highest BCUT2D eigenvalue weighted by atomic mass is 32.1. The fourth-order valence-electron chi connectivity index (χ4n) is 2.50. The molecule has 0 bridgehead atoms. The summed E-state index contributed by atoms with van der Waals surface area (Å²) in [5, 5.41) is 3.37. The molecule has 3 aromatic rings. The zero-order valence-corrected chi connectivity index (χ0v) is 13.7. The number of benzene rings is 2. The van der Waals surface area contributed by atoms with E-state index in [1.807, 2.05) is 25.1 Å². The number of carbonyl (C=O) groups excluding carboxylic acids is 1. The molecule has 3 rings (SSSR count). The van der Waals surface area contributed by atoms with Crippen molar-refractivity contribution in [3.8, 4) is 5.75 Å². The first-order valence-electron chi connectivity index (χ1n) is 7.32. The minimum absolute atomic E-state index is 0.254. The molecule has 0 atom stereocenters. The minimum Gasteiger partial charge on any atom is -0.492 e. The summed E-state index contributed by atoms with van der Waals surface area (Å²) in [6.45, 7) is 4.17. The van der Waals surface area contributed by atoms with Crippen molar-refractivity contribution >= 4 is 33.0 Å². The number of thiophene rings is 1. The van der Waals surface area contributed by atoms with Gasteiger partial charge in [-0.25, -0.2) is 4.39 Å². The van der Waals surface area contributed by atoms with Crippen LogP contribution in [-0.4, -0.2) is 12.5 Å². The van der Waals surface area contributed by atoms with E-state index >= 15 is 0 Å². The molecule has 5 heteroatoms. The molecule has 0 spiro atoms. The number of ether oxygens (including phenoxy) is 1. The van der Waals surface area contributed by atoms with Gasteiger partial charge in [-0.15, -0.1) is 11.3 Å². The zero-order valence-electron chi connectivity index (χ0n) is 12.9. The van der Waals surface area contributed by atoms with Crippen molar-refractivity contribution < 1.29 is 13.9 Å². The Hall–Kier alpha value is -2.40. The van der Waals surface area contributed by atoms with Crippen LogP contribution in [0, 0.1) is 12.7 Å². The number of carbonyl (C=O) groups is 1. The predicted molar refractivity (Wildman–Crippen MR) is 92.1 cm³/mol. The molecule has 0 saturated heterocycles. The topological polar surface area (TPSA) is 38.3 Å². The highest BCUT2D eigenvalue weighted by molar-refractivity contribution is 7.21. The van der Waals surface area contributed by atoms with Crippen molar-refractivity contribution in [1.29, 1.82) is 0 Å². The highest BCUT2D eigenvalue weighted by Gasteiger charge is 2.18. The van der Waals surface area contributed by atoms with Gasteiger partial charge >= 0.3 is 0 Å². The van der Waals surface area contributed by atoms with Gasteiger partial charge in [-0.2, -0.15) is 0 Å². The SMILES string of the molecule is CCOc1ccccc1NC(=O)c1sc2cccc(F)c2c1C. The summed E-state index contributed by atoms with van der Waals surface area (Å²) in [7, 11) is 0. The van der Waals surface area contributed by atoms with Gasteiger partial charge in [0, 0.05) is 10.1 Å². The summed E-state index contributed by atoms with van der Waals surface area (Å²) in [6, 6.07) is 12.1. The van der Waals surface area contributed by atoms with Gasteiger partial charge in [0.25, 0.3) is 5.91 Å². The molecule has 0 aliphatic rings. The van der Waals surface area contributed by atoms with Crippen molar-refractivity contribution in [3.63, 3.8) is 0 Å². The molecule has 0 unspecified atom stereocenters. The lowest BCUT2D eigenvalue weighted by Gasteiger charge is -2.10. The second kappa shape index (κ2) is 6.38. The summed E-state index contributed by atoms with van der Waals surface area (Å²) in [6.07, 6.45) is 0. The Labute approximate surface area is 137 Å².